The minimum Gasteiger partial charge on any atom is -0.467 e. The van der Waals surface area contributed by atoms with Gasteiger partial charge in [0.05, 0.1) is 12.8 Å². The molecule has 0 radical (unpaired) electrons. The van der Waals surface area contributed by atoms with Crippen LogP contribution in [0.2, 0.25) is 0 Å². The standard InChI is InChI=1S/C10H13FN2O4/c1-17-10(16)9(15)8(14)5-2-3-7(13-12)6(11)4-5/h2-4,8-9,13-15H,12H2,1H3. The lowest BCUT2D eigenvalue weighted by molar-refractivity contribution is -0.156. The van der Waals surface area contributed by atoms with Gasteiger partial charge in [0, 0.05) is 0 Å². The van der Waals surface area contributed by atoms with E-state index in [-0.39, 0.29) is 11.3 Å². The molecular formula is C10H13FN2O4. The maximum atomic E-state index is 13.3. The quantitative estimate of drug-likeness (QED) is 0.328. The molecular weight excluding hydrogens is 231 g/mol. The fourth-order valence-corrected chi connectivity index (χ4v) is 1.26. The summed E-state index contributed by atoms with van der Waals surface area (Å²) < 4.78 is 17.6. The normalized spacial score (nSPS) is 13.9. The van der Waals surface area contributed by atoms with E-state index >= 15 is 0 Å². The number of nitrogens with two attached hydrogens (primary N) is 1. The number of nitrogens with one attached hydrogen (secondary N) is 1. The number of nitrogen functional groups attached to an aromatic ring is 1. The number of hydrogen-bond acceptors (Lipinski definition) is 6. The molecule has 1 rings (SSSR count). The third-order valence-corrected chi connectivity index (χ3v) is 2.23. The van der Waals surface area contributed by atoms with Crippen LogP contribution in [-0.4, -0.2) is 29.4 Å². The first-order valence-electron chi connectivity index (χ1n) is 4.71. The Morgan fingerprint density at radius 2 is 2.18 bits per heavy atom. The number of benzene rings is 1. The number of hydrogen-bond donors (Lipinski definition) is 4. The Hall–Kier alpha value is -1.70. The van der Waals surface area contributed by atoms with Gasteiger partial charge in [-0.25, -0.2) is 9.18 Å². The van der Waals surface area contributed by atoms with Gasteiger partial charge in [0.1, 0.15) is 11.9 Å². The summed E-state index contributed by atoms with van der Waals surface area (Å²) in [6, 6.07) is 3.57. The van der Waals surface area contributed by atoms with Gasteiger partial charge in [-0.2, -0.15) is 0 Å². The predicted octanol–water partition coefficient (Wildman–Crippen LogP) is -0.321. The van der Waals surface area contributed by atoms with E-state index in [1.807, 2.05) is 0 Å². The molecule has 0 aliphatic rings. The van der Waals surface area contributed by atoms with Crippen molar-refractivity contribution in [1.82, 2.24) is 0 Å². The Morgan fingerprint density at radius 1 is 1.53 bits per heavy atom. The average Bonchev–Trinajstić information content (AvgIpc) is 2.35. The minimum atomic E-state index is -1.77. The molecule has 1 aromatic carbocycles. The number of ether oxygens (including phenoxy) is 1. The van der Waals surface area contributed by atoms with Gasteiger partial charge in [0.25, 0.3) is 0 Å². The van der Waals surface area contributed by atoms with E-state index in [9.17, 15) is 19.4 Å². The van der Waals surface area contributed by atoms with Crippen molar-refractivity contribution in [1.29, 1.82) is 0 Å². The Kier molecular flexibility index (Phi) is 4.38. The molecule has 5 N–H and O–H groups in total. The highest BCUT2D eigenvalue weighted by Crippen LogP contribution is 2.22. The van der Waals surface area contributed by atoms with Crippen molar-refractivity contribution in [3.8, 4) is 0 Å². The van der Waals surface area contributed by atoms with Crippen molar-refractivity contribution in [2.24, 2.45) is 5.84 Å². The van der Waals surface area contributed by atoms with E-state index < -0.39 is 24.0 Å². The van der Waals surface area contributed by atoms with Gasteiger partial charge in [-0.1, -0.05) is 6.07 Å². The van der Waals surface area contributed by atoms with Crippen molar-refractivity contribution in [3.63, 3.8) is 0 Å². The summed E-state index contributed by atoms with van der Waals surface area (Å²) in [5.74, 6) is 3.32. The summed E-state index contributed by atoms with van der Waals surface area (Å²) in [5.41, 5.74) is 2.19. The van der Waals surface area contributed by atoms with E-state index in [1.165, 1.54) is 12.1 Å². The smallest absolute Gasteiger partial charge is 0.337 e. The maximum Gasteiger partial charge on any atom is 0.337 e. The number of aliphatic hydroxyl groups is 2. The largest absolute Gasteiger partial charge is 0.467 e. The second kappa shape index (κ2) is 5.58. The first kappa shape index (κ1) is 13.4. The van der Waals surface area contributed by atoms with E-state index in [4.69, 9.17) is 5.84 Å². The molecule has 0 saturated carbocycles. The van der Waals surface area contributed by atoms with Crippen LogP contribution in [0.3, 0.4) is 0 Å². The predicted molar refractivity (Wildman–Crippen MR) is 57.2 cm³/mol. The van der Waals surface area contributed by atoms with Gasteiger partial charge < -0.3 is 20.4 Å². The Bertz CT molecular complexity index is 413. The highest BCUT2D eigenvalue weighted by Gasteiger charge is 2.26. The number of esters is 1. The van der Waals surface area contributed by atoms with Gasteiger partial charge >= 0.3 is 5.97 Å². The molecule has 17 heavy (non-hydrogen) atoms. The summed E-state index contributed by atoms with van der Waals surface area (Å²) in [6.07, 6.45) is -3.33. The van der Waals surface area contributed by atoms with E-state index in [0.717, 1.165) is 13.2 Å². The fourth-order valence-electron chi connectivity index (χ4n) is 1.26. The molecule has 0 spiro atoms. The third kappa shape index (κ3) is 2.90. The molecule has 0 amide bonds. The molecule has 2 unspecified atom stereocenters. The summed E-state index contributed by atoms with van der Waals surface area (Å²) in [6.45, 7) is 0. The van der Waals surface area contributed by atoms with E-state index in [1.54, 1.807) is 0 Å². The molecule has 7 heteroatoms. The number of aliphatic hydroxyl groups excluding tert-OH is 2. The maximum absolute atomic E-state index is 13.3. The van der Waals surface area contributed by atoms with Crippen LogP contribution in [0.4, 0.5) is 10.1 Å². The first-order valence-corrected chi connectivity index (χ1v) is 4.71. The molecule has 0 saturated heterocycles. The number of carbonyl (C=O) groups is 1. The monoisotopic (exact) mass is 244 g/mol. The van der Waals surface area contributed by atoms with Gasteiger partial charge in [0.15, 0.2) is 6.10 Å². The SMILES string of the molecule is COC(=O)C(O)C(O)c1ccc(NN)c(F)c1. The zero-order valence-electron chi connectivity index (χ0n) is 9.05. The van der Waals surface area contributed by atoms with E-state index in [2.05, 4.69) is 10.2 Å². The molecule has 94 valence electrons. The Balaban J connectivity index is 2.93. The van der Waals surface area contributed by atoms with Crippen molar-refractivity contribution < 1.29 is 24.1 Å². The van der Waals surface area contributed by atoms with Crippen LogP contribution < -0.4 is 11.3 Å². The Morgan fingerprint density at radius 3 is 2.65 bits per heavy atom. The lowest BCUT2D eigenvalue weighted by Crippen LogP contribution is -2.29. The number of anilines is 1. The molecule has 0 fully saturated rings. The van der Waals surface area contributed by atoms with Gasteiger partial charge in [0.2, 0.25) is 0 Å². The molecule has 0 aliphatic heterocycles. The second-order valence-corrected chi connectivity index (χ2v) is 3.30. The molecule has 0 heterocycles. The molecule has 0 bridgehead atoms. The molecule has 2 atom stereocenters. The number of rotatable bonds is 4. The number of hydrazine groups is 1. The summed E-state index contributed by atoms with van der Waals surface area (Å²) >= 11 is 0. The zero-order chi connectivity index (χ0) is 13.0. The molecule has 1 aromatic rings. The van der Waals surface area contributed by atoms with Gasteiger partial charge in [-0.15, -0.1) is 0 Å². The lowest BCUT2D eigenvalue weighted by atomic mass is 10.0. The zero-order valence-corrected chi connectivity index (χ0v) is 9.05. The fraction of sp³-hybridized carbons (Fsp3) is 0.300. The van der Waals surface area contributed by atoms with Crippen molar-refractivity contribution >= 4 is 11.7 Å². The van der Waals surface area contributed by atoms with Crippen LogP contribution in [0, 0.1) is 5.82 Å². The van der Waals surface area contributed by atoms with Crippen molar-refractivity contribution in [2.45, 2.75) is 12.2 Å². The topological polar surface area (TPSA) is 105 Å². The third-order valence-electron chi connectivity index (χ3n) is 2.23. The van der Waals surface area contributed by atoms with Crippen LogP contribution in [0.5, 0.6) is 0 Å². The summed E-state index contributed by atoms with van der Waals surface area (Å²) in [7, 11) is 1.07. The van der Waals surface area contributed by atoms with Gasteiger partial charge in [-0.05, 0) is 17.7 Å². The van der Waals surface area contributed by atoms with Crippen LogP contribution in [-0.2, 0) is 9.53 Å². The summed E-state index contributed by atoms with van der Waals surface area (Å²) in [5, 5.41) is 19.0. The number of carbonyl (C=O) groups excluding carboxylic acids is 1. The van der Waals surface area contributed by atoms with Crippen molar-refractivity contribution in [2.75, 3.05) is 12.5 Å². The van der Waals surface area contributed by atoms with E-state index in [0.29, 0.717) is 0 Å². The number of methoxy groups -OCH3 is 1. The minimum absolute atomic E-state index is 0.0357. The highest BCUT2D eigenvalue weighted by atomic mass is 19.1. The molecule has 0 aromatic heterocycles. The molecule has 6 nitrogen and oxygen atoms in total. The average molecular weight is 244 g/mol. The van der Waals surface area contributed by atoms with Crippen LogP contribution in [0.15, 0.2) is 18.2 Å². The van der Waals surface area contributed by atoms with Crippen LogP contribution >= 0.6 is 0 Å². The Labute approximate surface area is 96.8 Å². The highest BCUT2D eigenvalue weighted by molar-refractivity contribution is 5.75. The van der Waals surface area contributed by atoms with Crippen LogP contribution in [0.25, 0.3) is 0 Å². The number of halogens is 1. The second-order valence-electron chi connectivity index (χ2n) is 3.30. The van der Waals surface area contributed by atoms with Crippen molar-refractivity contribution in [3.05, 3.63) is 29.6 Å². The first-order chi connectivity index (χ1) is 8.01. The van der Waals surface area contributed by atoms with Gasteiger partial charge in [-0.3, -0.25) is 5.84 Å². The summed E-state index contributed by atoms with van der Waals surface area (Å²) in [4.78, 5) is 11.0. The lowest BCUT2D eigenvalue weighted by Gasteiger charge is -2.16. The van der Waals surface area contributed by atoms with Crippen LogP contribution in [0.1, 0.15) is 11.7 Å². The molecule has 0 aliphatic carbocycles.